The normalized spacial score (nSPS) is 12.4. The number of hydrogen-bond donors (Lipinski definition) is 0. The Labute approximate surface area is 170 Å². The molecule has 1 aromatic carbocycles. The molecule has 27 heavy (non-hydrogen) atoms. The van der Waals surface area contributed by atoms with Crippen LogP contribution in [-0.2, 0) is 12.0 Å². The van der Waals surface area contributed by atoms with Gasteiger partial charge in [-0.05, 0) is 18.2 Å². The summed E-state index contributed by atoms with van der Waals surface area (Å²) in [5, 5.41) is 7.95. The van der Waals surface area contributed by atoms with Crippen LogP contribution in [0.5, 0.6) is 5.75 Å². The van der Waals surface area contributed by atoms with Gasteiger partial charge in [-0.2, -0.15) is 10.1 Å². The molecule has 0 N–H and O–H groups in total. The Morgan fingerprint density at radius 3 is 2.78 bits per heavy atom. The fourth-order valence-electron chi connectivity index (χ4n) is 2.26. The molecule has 3 aromatic rings. The molecule has 142 valence electrons. The molecule has 0 unspecified atom stereocenters. The first kappa shape index (κ1) is 19.7. The van der Waals surface area contributed by atoms with Crippen molar-refractivity contribution < 1.29 is 9.53 Å². The molecule has 1 amide bonds. The van der Waals surface area contributed by atoms with Gasteiger partial charge in [0.25, 0.3) is 5.91 Å². The first-order valence-electron chi connectivity index (χ1n) is 8.16. The van der Waals surface area contributed by atoms with Crippen LogP contribution in [0.1, 0.15) is 41.8 Å². The van der Waals surface area contributed by atoms with E-state index in [1.165, 1.54) is 29.8 Å². The summed E-state index contributed by atoms with van der Waals surface area (Å²) >= 11 is 8.95. The number of methoxy groups -OCH3 is 1. The summed E-state index contributed by atoms with van der Waals surface area (Å²) in [4.78, 5) is 21.9. The molecule has 0 spiro atoms. The third-order valence-corrected chi connectivity index (χ3v) is 5.89. The summed E-state index contributed by atoms with van der Waals surface area (Å²) in [6, 6.07) is 4.88. The maximum absolute atomic E-state index is 12.8. The molecule has 0 aliphatic heterocycles. The summed E-state index contributed by atoms with van der Waals surface area (Å²) in [7, 11) is 1.51. The van der Waals surface area contributed by atoms with Crippen LogP contribution >= 0.6 is 34.3 Å². The van der Waals surface area contributed by atoms with Gasteiger partial charge in [-0.25, -0.2) is 9.67 Å². The SMILES string of the molecule is COc1ccc(Cl)cc1C(=O)N=c1sc(C(C)(C)C)nn1Cc1cscn1. The van der Waals surface area contributed by atoms with E-state index in [1.54, 1.807) is 28.4 Å². The van der Waals surface area contributed by atoms with E-state index in [1.807, 2.05) is 5.38 Å². The van der Waals surface area contributed by atoms with Crippen molar-refractivity contribution in [3.05, 3.63) is 55.2 Å². The number of ether oxygens (including phenoxy) is 1. The second kappa shape index (κ2) is 7.92. The number of aromatic nitrogens is 3. The molecule has 0 saturated heterocycles. The largest absolute Gasteiger partial charge is 0.496 e. The van der Waals surface area contributed by atoms with Crippen molar-refractivity contribution in [2.75, 3.05) is 7.11 Å². The average Bonchev–Trinajstić information content (AvgIpc) is 3.25. The summed E-state index contributed by atoms with van der Waals surface area (Å²) in [6.07, 6.45) is 0. The number of rotatable bonds is 4. The molecule has 0 bridgehead atoms. The predicted molar refractivity (Wildman–Crippen MR) is 108 cm³/mol. The molecule has 9 heteroatoms. The molecule has 0 aliphatic carbocycles. The van der Waals surface area contributed by atoms with Gasteiger partial charge in [-0.3, -0.25) is 4.79 Å². The lowest BCUT2D eigenvalue weighted by molar-refractivity contribution is 0.0994. The maximum Gasteiger partial charge on any atom is 0.283 e. The predicted octanol–water partition coefficient (Wildman–Crippen LogP) is 4.15. The van der Waals surface area contributed by atoms with Gasteiger partial charge < -0.3 is 4.74 Å². The topological polar surface area (TPSA) is 69.4 Å². The molecule has 0 saturated carbocycles. The maximum atomic E-state index is 12.8. The minimum absolute atomic E-state index is 0.154. The van der Waals surface area contributed by atoms with Crippen molar-refractivity contribution in [3.8, 4) is 5.75 Å². The van der Waals surface area contributed by atoms with Crippen molar-refractivity contribution >= 4 is 40.2 Å². The van der Waals surface area contributed by atoms with Crippen molar-refractivity contribution in [2.24, 2.45) is 4.99 Å². The summed E-state index contributed by atoms with van der Waals surface area (Å²) in [6.45, 7) is 6.68. The van der Waals surface area contributed by atoms with Gasteiger partial charge >= 0.3 is 0 Å². The quantitative estimate of drug-likeness (QED) is 0.633. The number of halogens is 1. The molecule has 3 rings (SSSR count). The van der Waals surface area contributed by atoms with E-state index < -0.39 is 5.91 Å². The minimum Gasteiger partial charge on any atom is -0.496 e. The number of carbonyl (C=O) groups excluding carboxylic acids is 1. The molecular weight excluding hydrogens is 404 g/mol. The fourth-order valence-corrected chi connectivity index (χ4v) is 3.94. The van der Waals surface area contributed by atoms with Crippen molar-refractivity contribution in [1.82, 2.24) is 14.8 Å². The van der Waals surface area contributed by atoms with Gasteiger partial charge in [0, 0.05) is 15.8 Å². The van der Waals surface area contributed by atoms with E-state index in [0.717, 1.165) is 10.7 Å². The number of nitrogens with zero attached hydrogens (tertiary/aromatic N) is 4. The second-order valence-corrected chi connectivity index (χ2v) is 8.95. The number of hydrogen-bond acceptors (Lipinski definition) is 6. The van der Waals surface area contributed by atoms with Gasteiger partial charge in [0.1, 0.15) is 10.8 Å². The van der Waals surface area contributed by atoms with Gasteiger partial charge in [-0.15, -0.1) is 11.3 Å². The van der Waals surface area contributed by atoms with Gasteiger partial charge in [0.05, 0.1) is 30.4 Å². The molecule has 6 nitrogen and oxygen atoms in total. The van der Waals surface area contributed by atoms with Crippen LogP contribution < -0.4 is 9.54 Å². The van der Waals surface area contributed by atoms with E-state index in [0.29, 0.717) is 27.7 Å². The molecule has 0 aliphatic rings. The molecular formula is C18H19ClN4O2S2. The van der Waals surface area contributed by atoms with Crippen molar-refractivity contribution in [2.45, 2.75) is 32.7 Å². The minimum atomic E-state index is -0.425. The smallest absolute Gasteiger partial charge is 0.283 e. The lowest BCUT2D eigenvalue weighted by atomic mass is 9.98. The Kier molecular flexibility index (Phi) is 5.78. The standard InChI is InChI=1S/C18H19ClN4O2S2/c1-18(2,3)16-22-23(8-12-9-26-10-20-12)17(27-16)21-15(24)13-7-11(19)5-6-14(13)25-4/h5-7,9-10H,8H2,1-4H3. The first-order valence-corrected chi connectivity index (χ1v) is 10.3. The Morgan fingerprint density at radius 2 is 2.15 bits per heavy atom. The van der Waals surface area contributed by atoms with E-state index >= 15 is 0 Å². The summed E-state index contributed by atoms with van der Waals surface area (Å²) < 4.78 is 6.98. The zero-order valence-corrected chi connectivity index (χ0v) is 17.8. The van der Waals surface area contributed by atoms with Crippen LogP contribution in [0.25, 0.3) is 0 Å². The van der Waals surface area contributed by atoms with Crippen LogP contribution in [0.3, 0.4) is 0 Å². The van der Waals surface area contributed by atoms with Crippen LogP contribution in [0.15, 0.2) is 34.1 Å². The number of amides is 1. The Bertz CT molecular complexity index is 1020. The third-order valence-electron chi connectivity index (χ3n) is 3.65. The van der Waals surface area contributed by atoms with E-state index in [2.05, 4.69) is 35.8 Å². The highest BCUT2D eigenvalue weighted by molar-refractivity contribution is 7.09. The van der Waals surface area contributed by atoms with Crippen LogP contribution in [0.2, 0.25) is 5.02 Å². The number of benzene rings is 1. The Hall–Kier alpha value is -2.03. The van der Waals surface area contributed by atoms with Crippen LogP contribution in [0.4, 0.5) is 0 Å². The zero-order chi connectivity index (χ0) is 19.6. The fraction of sp³-hybridized carbons (Fsp3) is 0.333. The summed E-state index contributed by atoms with van der Waals surface area (Å²) in [5.41, 5.74) is 2.81. The van der Waals surface area contributed by atoms with Crippen LogP contribution in [0, 0.1) is 0 Å². The van der Waals surface area contributed by atoms with Crippen molar-refractivity contribution in [1.29, 1.82) is 0 Å². The Morgan fingerprint density at radius 1 is 1.37 bits per heavy atom. The lowest BCUT2D eigenvalue weighted by Gasteiger charge is -2.12. The highest BCUT2D eigenvalue weighted by Gasteiger charge is 2.21. The molecule has 0 radical (unpaired) electrons. The van der Waals surface area contributed by atoms with Gasteiger partial charge in [0.2, 0.25) is 4.80 Å². The number of thiazole rings is 1. The Balaban J connectivity index is 2.07. The molecule has 0 atom stereocenters. The highest BCUT2D eigenvalue weighted by Crippen LogP contribution is 2.24. The zero-order valence-electron chi connectivity index (χ0n) is 15.4. The highest BCUT2D eigenvalue weighted by atomic mass is 35.5. The second-order valence-electron chi connectivity index (χ2n) is 6.84. The number of carbonyl (C=O) groups is 1. The van der Waals surface area contributed by atoms with Crippen LogP contribution in [-0.4, -0.2) is 27.8 Å². The van der Waals surface area contributed by atoms with E-state index in [9.17, 15) is 4.79 Å². The molecule has 0 fully saturated rings. The van der Waals surface area contributed by atoms with Crippen molar-refractivity contribution in [3.63, 3.8) is 0 Å². The summed E-state index contributed by atoms with van der Waals surface area (Å²) in [5.74, 6) is 0.00486. The van der Waals surface area contributed by atoms with Gasteiger partial charge in [0.15, 0.2) is 0 Å². The first-order chi connectivity index (χ1) is 12.8. The van der Waals surface area contributed by atoms with E-state index in [-0.39, 0.29) is 5.41 Å². The third kappa shape index (κ3) is 4.63. The monoisotopic (exact) mass is 422 g/mol. The lowest BCUT2D eigenvalue weighted by Crippen LogP contribution is -2.20. The van der Waals surface area contributed by atoms with E-state index in [4.69, 9.17) is 16.3 Å². The average molecular weight is 423 g/mol. The van der Waals surface area contributed by atoms with Gasteiger partial charge in [-0.1, -0.05) is 43.7 Å². The molecule has 2 aromatic heterocycles. The molecule has 2 heterocycles.